The molecule has 1 aliphatic carbocycles. The average Bonchev–Trinajstić information content (AvgIpc) is 3.17. The summed E-state index contributed by atoms with van der Waals surface area (Å²) in [5, 5.41) is 9.28. The maximum Gasteiger partial charge on any atom is 0.352 e. The summed E-state index contributed by atoms with van der Waals surface area (Å²) >= 11 is 0. The molecule has 1 saturated carbocycles. The normalized spacial score (nSPS) is 14.4. The number of hydrogen-bond acceptors (Lipinski definition) is 2. The van der Waals surface area contributed by atoms with Gasteiger partial charge in [-0.15, -0.1) is 0 Å². The topological polar surface area (TPSA) is 51.5 Å². The van der Waals surface area contributed by atoms with E-state index in [0.29, 0.717) is 11.7 Å². The number of ether oxygens (including phenoxy) is 1. The van der Waals surface area contributed by atoms with Crippen LogP contribution in [0.1, 0.15) is 29.4 Å². The zero-order chi connectivity index (χ0) is 13.4. The van der Waals surface area contributed by atoms with Crippen molar-refractivity contribution in [2.45, 2.75) is 18.9 Å². The van der Waals surface area contributed by atoms with Crippen molar-refractivity contribution < 1.29 is 14.6 Å². The van der Waals surface area contributed by atoms with Crippen LogP contribution >= 0.6 is 0 Å². The fraction of sp³-hybridized carbons (Fsp3) is 0.267. The maximum absolute atomic E-state index is 11.3. The Morgan fingerprint density at radius 1 is 1.26 bits per heavy atom. The second-order valence-electron chi connectivity index (χ2n) is 4.71. The molecule has 0 spiro atoms. The molecule has 3 rings (SSSR count). The second kappa shape index (κ2) is 4.46. The van der Waals surface area contributed by atoms with Crippen LogP contribution in [0.25, 0.3) is 11.3 Å². The van der Waals surface area contributed by atoms with Gasteiger partial charge in [0.1, 0.15) is 11.4 Å². The fourth-order valence-corrected chi connectivity index (χ4v) is 2.42. The van der Waals surface area contributed by atoms with Gasteiger partial charge in [-0.25, -0.2) is 4.79 Å². The molecule has 4 heteroatoms. The first kappa shape index (κ1) is 11.8. The Morgan fingerprint density at radius 3 is 2.63 bits per heavy atom. The van der Waals surface area contributed by atoms with E-state index in [0.717, 1.165) is 29.8 Å². The lowest BCUT2D eigenvalue weighted by atomic mass is 10.1. The van der Waals surface area contributed by atoms with Gasteiger partial charge in [-0.1, -0.05) is 12.1 Å². The monoisotopic (exact) mass is 257 g/mol. The number of carboxylic acids is 1. The largest absolute Gasteiger partial charge is 0.496 e. The lowest BCUT2D eigenvalue weighted by Crippen LogP contribution is -2.08. The summed E-state index contributed by atoms with van der Waals surface area (Å²) in [5.41, 5.74) is 2.20. The Morgan fingerprint density at radius 2 is 2.00 bits per heavy atom. The van der Waals surface area contributed by atoms with Gasteiger partial charge in [0.2, 0.25) is 0 Å². The van der Waals surface area contributed by atoms with Crippen molar-refractivity contribution in [1.29, 1.82) is 0 Å². The Kier molecular flexibility index (Phi) is 2.78. The Labute approximate surface area is 111 Å². The SMILES string of the molecule is COc1ccccc1-c1ccc(C(=O)O)n1C1CC1. The van der Waals surface area contributed by atoms with E-state index in [4.69, 9.17) is 4.74 Å². The van der Waals surface area contributed by atoms with E-state index in [2.05, 4.69) is 0 Å². The summed E-state index contributed by atoms with van der Waals surface area (Å²) in [7, 11) is 1.63. The Balaban J connectivity index is 2.17. The molecule has 0 amide bonds. The molecule has 1 aliphatic rings. The first-order valence-electron chi connectivity index (χ1n) is 6.30. The predicted molar refractivity (Wildman–Crippen MR) is 71.7 cm³/mol. The van der Waals surface area contributed by atoms with E-state index in [-0.39, 0.29) is 0 Å². The van der Waals surface area contributed by atoms with Crippen LogP contribution in [0, 0.1) is 0 Å². The molecule has 1 heterocycles. The highest BCUT2D eigenvalue weighted by molar-refractivity contribution is 5.88. The highest BCUT2D eigenvalue weighted by Crippen LogP contribution is 2.42. The highest BCUT2D eigenvalue weighted by Gasteiger charge is 2.30. The quantitative estimate of drug-likeness (QED) is 0.915. The molecule has 0 aliphatic heterocycles. The molecule has 0 atom stereocenters. The molecule has 0 radical (unpaired) electrons. The minimum absolute atomic E-state index is 0.306. The lowest BCUT2D eigenvalue weighted by molar-refractivity contribution is 0.0685. The summed E-state index contributed by atoms with van der Waals surface area (Å²) in [4.78, 5) is 11.3. The van der Waals surface area contributed by atoms with Gasteiger partial charge in [-0.3, -0.25) is 0 Å². The van der Waals surface area contributed by atoms with Gasteiger partial charge in [0, 0.05) is 11.6 Å². The number of rotatable bonds is 4. The van der Waals surface area contributed by atoms with Crippen LogP contribution in [-0.4, -0.2) is 22.8 Å². The number of hydrogen-bond donors (Lipinski definition) is 1. The van der Waals surface area contributed by atoms with Crippen molar-refractivity contribution in [3.63, 3.8) is 0 Å². The number of para-hydroxylation sites is 1. The van der Waals surface area contributed by atoms with Crippen LogP contribution in [0.15, 0.2) is 36.4 Å². The van der Waals surface area contributed by atoms with Gasteiger partial charge in [0.25, 0.3) is 0 Å². The predicted octanol–water partition coefficient (Wildman–Crippen LogP) is 3.20. The number of carboxylic acid groups (broad SMARTS) is 1. The van der Waals surface area contributed by atoms with Gasteiger partial charge in [-0.05, 0) is 37.1 Å². The highest BCUT2D eigenvalue weighted by atomic mass is 16.5. The zero-order valence-corrected chi connectivity index (χ0v) is 10.7. The van der Waals surface area contributed by atoms with E-state index in [1.165, 1.54) is 0 Å². The molecular formula is C15H15NO3. The third-order valence-corrected chi connectivity index (χ3v) is 3.43. The van der Waals surface area contributed by atoms with Crippen molar-refractivity contribution in [3.05, 3.63) is 42.1 Å². The number of benzene rings is 1. The van der Waals surface area contributed by atoms with Crippen molar-refractivity contribution >= 4 is 5.97 Å². The maximum atomic E-state index is 11.3. The molecule has 1 N–H and O–H groups in total. The molecule has 0 bridgehead atoms. The van der Waals surface area contributed by atoms with Crippen molar-refractivity contribution in [1.82, 2.24) is 4.57 Å². The van der Waals surface area contributed by atoms with E-state index in [1.54, 1.807) is 13.2 Å². The molecule has 0 unspecified atom stereocenters. The molecule has 19 heavy (non-hydrogen) atoms. The van der Waals surface area contributed by atoms with Crippen LogP contribution in [-0.2, 0) is 0 Å². The molecular weight excluding hydrogens is 242 g/mol. The second-order valence-corrected chi connectivity index (χ2v) is 4.71. The average molecular weight is 257 g/mol. The van der Waals surface area contributed by atoms with Gasteiger partial charge in [0.05, 0.1) is 12.8 Å². The first-order valence-corrected chi connectivity index (χ1v) is 6.30. The zero-order valence-electron chi connectivity index (χ0n) is 10.7. The number of carbonyl (C=O) groups is 1. The smallest absolute Gasteiger partial charge is 0.352 e. The van der Waals surface area contributed by atoms with E-state index < -0.39 is 5.97 Å². The molecule has 4 nitrogen and oxygen atoms in total. The van der Waals surface area contributed by atoms with Crippen molar-refractivity contribution in [2.75, 3.05) is 7.11 Å². The Bertz CT molecular complexity index is 626. The molecule has 2 aromatic rings. The molecule has 1 aromatic carbocycles. The van der Waals surface area contributed by atoms with Crippen LogP contribution < -0.4 is 4.74 Å². The lowest BCUT2D eigenvalue weighted by Gasteiger charge is -2.13. The summed E-state index contributed by atoms with van der Waals surface area (Å²) in [6, 6.07) is 11.5. The summed E-state index contributed by atoms with van der Waals surface area (Å²) in [6.45, 7) is 0. The van der Waals surface area contributed by atoms with Crippen LogP contribution in [0.3, 0.4) is 0 Å². The summed E-state index contributed by atoms with van der Waals surface area (Å²) < 4.78 is 7.28. The van der Waals surface area contributed by atoms with E-state index >= 15 is 0 Å². The van der Waals surface area contributed by atoms with Crippen LogP contribution in [0.4, 0.5) is 0 Å². The number of aromatic carboxylic acids is 1. The molecule has 0 saturated heterocycles. The van der Waals surface area contributed by atoms with Crippen LogP contribution in [0.2, 0.25) is 0 Å². The van der Waals surface area contributed by atoms with E-state index in [1.807, 2.05) is 34.9 Å². The number of methoxy groups -OCH3 is 1. The van der Waals surface area contributed by atoms with Crippen molar-refractivity contribution in [2.24, 2.45) is 0 Å². The fourth-order valence-electron chi connectivity index (χ4n) is 2.42. The Hall–Kier alpha value is -2.23. The molecule has 1 aromatic heterocycles. The molecule has 98 valence electrons. The third kappa shape index (κ3) is 1.99. The third-order valence-electron chi connectivity index (χ3n) is 3.43. The van der Waals surface area contributed by atoms with Gasteiger partial charge in [-0.2, -0.15) is 0 Å². The van der Waals surface area contributed by atoms with E-state index in [9.17, 15) is 9.90 Å². The van der Waals surface area contributed by atoms with Crippen LogP contribution in [0.5, 0.6) is 5.75 Å². The summed E-state index contributed by atoms with van der Waals surface area (Å²) in [5.74, 6) is -0.118. The standard InChI is InChI=1S/C15H15NO3/c1-19-14-5-3-2-4-11(14)12-8-9-13(15(17)18)16(12)10-6-7-10/h2-5,8-10H,6-7H2,1H3,(H,17,18). The molecule has 1 fully saturated rings. The van der Waals surface area contributed by atoms with Crippen molar-refractivity contribution in [3.8, 4) is 17.0 Å². The van der Waals surface area contributed by atoms with Gasteiger partial charge >= 0.3 is 5.97 Å². The number of nitrogens with zero attached hydrogens (tertiary/aromatic N) is 1. The first-order chi connectivity index (χ1) is 9.22. The summed E-state index contributed by atoms with van der Waals surface area (Å²) in [6.07, 6.45) is 2.08. The number of aromatic nitrogens is 1. The minimum Gasteiger partial charge on any atom is -0.496 e. The van der Waals surface area contributed by atoms with Gasteiger partial charge < -0.3 is 14.4 Å². The van der Waals surface area contributed by atoms with Gasteiger partial charge in [0.15, 0.2) is 0 Å². The minimum atomic E-state index is -0.881.